The molecule has 0 bridgehead atoms. The Morgan fingerprint density at radius 1 is 1.00 bits per heavy atom. The minimum atomic E-state index is 0. The Morgan fingerprint density at radius 2 is 1.00 bits per heavy atom. The normalized spacial score (nSPS) is 0. The Kier molecular flexibility index (Phi) is 153. The summed E-state index contributed by atoms with van der Waals surface area (Å²) >= 11 is 0. The molecule has 0 aliphatic rings. The second-order valence-electron chi connectivity index (χ2n) is 0. The number of hydrogen-bond donors (Lipinski definition) is 0. The summed E-state index contributed by atoms with van der Waals surface area (Å²) in [5, 5.41) is 0. The molecule has 0 amide bonds. The largest absolute Gasteiger partial charge is 0 e. The van der Waals surface area contributed by atoms with Gasteiger partial charge in [-0.25, -0.2) is 0 Å². The maximum absolute atomic E-state index is 0. The molecule has 7 radical (unpaired) electrons. The van der Waals surface area contributed by atoms with E-state index < -0.39 is 0 Å². The van der Waals surface area contributed by atoms with Crippen molar-refractivity contribution in [3.63, 3.8) is 0 Å². The molecule has 0 saturated heterocycles. The van der Waals surface area contributed by atoms with Crippen LogP contribution in [0.4, 0.5) is 0 Å². The van der Waals surface area contributed by atoms with E-state index in [0.29, 0.717) is 0 Å². The molecule has 0 saturated carbocycles. The Morgan fingerprint density at radius 3 is 1.00 bits per heavy atom. The van der Waals surface area contributed by atoms with Crippen LogP contribution in [0, 0.1) is 0 Å². The third-order valence-corrected chi connectivity index (χ3v) is 0. The zero-order chi connectivity index (χ0) is 0. The van der Waals surface area contributed by atoms with E-state index >= 15 is 0 Å². The molecule has 13 valence electrons. The fraction of sp³-hybridized carbons (Fsp3) is 0. The maximum Gasteiger partial charge on any atom is 0 e. The van der Waals surface area contributed by atoms with E-state index in [1.54, 1.807) is 0 Å². The third kappa shape index (κ3) is 17.7. The van der Waals surface area contributed by atoms with E-state index in [1.165, 1.54) is 0 Å². The van der Waals surface area contributed by atoms with Crippen LogP contribution in [0.3, 0.4) is 0 Å². The van der Waals surface area contributed by atoms with Gasteiger partial charge in [0.15, 0.2) is 0 Å². The van der Waals surface area contributed by atoms with E-state index in [1.807, 2.05) is 0 Å². The first-order chi connectivity index (χ1) is 0. The van der Waals surface area contributed by atoms with Crippen LogP contribution >= 0.6 is 0 Å². The Hall–Kier alpha value is 4.81. The Balaban J connectivity index is 0. The van der Waals surface area contributed by atoms with E-state index in [2.05, 4.69) is 0 Å². The molecule has 0 N–H and O–H groups in total. The minimum Gasteiger partial charge on any atom is 0 e. The molecule has 0 nitrogen and oxygen atoms in total. The van der Waals surface area contributed by atoms with Crippen LogP contribution < -0.4 is 0 Å². The molecule has 0 aliphatic carbocycles. The third-order valence-electron chi connectivity index (χ3n) is 0. The molecule has 0 heterocycles. The SMILES string of the molecule is [Ca].[K].[Mg].[Se].[Zn]. The molecule has 0 unspecified atom stereocenters. The quantitative estimate of drug-likeness (QED) is 0.456. The van der Waals surface area contributed by atoms with Gasteiger partial charge >= 0.3 is 0 Å². The molecule has 0 fully saturated rings. The van der Waals surface area contributed by atoms with E-state index in [-0.39, 0.29) is 149 Å². The first-order valence-corrected chi connectivity index (χ1v) is 0. The van der Waals surface area contributed by atoms with Gasteiger partial charge in [-0.05, 0) is 0 Å². The van der Waals surface area contributed by atoms with Crippen molar-refractivity contribution in [2.24, 2.45) is 0 Å². The van der Waals surface area contributed by atoms with Crippen molar-refractivity contribution in [1.29, 1.82) is 0 Å². The average Bonchev–Trinajstić information content (AvgIpc) is 0. The average molecular weight is 248 g/mol. The topological polar surface area (TPSA) is 0 Å². The monoisotopic (exact) mass is 247 g/mol. The van der Waals surface area contributed by atoms with E-state index in [9.17, 15) is 0 Å². The van der Waals surface area contributed by atoms with Crippen molar-refractivity contribution < 1.29 is 19.5 Å². The van der Waals surface area contributed by atoms with Gasteiger partial charge in [-0.3, -0.25) is 0 Å². The van der Waals surface area contributed by atoms with Crippen LogP contribution in [-0.2, 0) is 19.5 Å². The van der Waals surface area contributed by atoms with Crippen molar-refractivity contribution in [3.05, 3.63) is 0 Å². The van der Waals surface area contributed by atoms with Gasteiger partial charge in [0.05, 0.1) is 0 Å². The number of hydrogen-bond acceptors (Lipinski definition) is 0. The van der Waals surface area contributed by atoms with Gasteiger partial charge in [0.25, 0.3) is 0 Å². The van der Waals surface area contributed by atoms with Gasteiger partial charge < -0.3 is 0 Å². The second kappa shape index (κ2) is 23.2. The summed E-state index contributed by atoms with van der Waals surface area (Å²) in [6.45, 7) is 0. The van der Waals surface area contributed by atoms with Crippen molar-refractivity contribution in [3.8, 4) is 0 Å². The summed E-state index contributed by atoms with van der Waals surface area (Å²) in [6, 6.07) is 0. The number of rotatable bonds is 0. The molecule has 5 heavy (non-hydrogen) atoms. The van der Waals surface area contributed by atoms with Crippen LogP contribution in [0.1, 0.15) is 0 Å². The first kappa shape index (κ1) is 32.9. The fourth-order valence-electron chi connectivity index (χ4n) is 0. The molecule has 5 heteroatoms. The van der Waals surface area contributed by atoms with Crippen LogP contribution in [0.2, 0.25) is 0 Å². The predicted octanol–water partition coefficient (Wildman–Crippen LogP) is -1.53. The van der Waals surface area contributed by atoms with Crippen LogP contribution in [-0.4, -0.2) is 129 Å². The molecule has 0 aromatic heterocycles. The molecule has 0 aromatic rings. The molecular weight excluding hydrogens is 248 g/mol. The molecule has 0 spiro atoms. The minimum absolute atomic E-state index is 0. The van der Waals surface area contributed by atoms with Crippen molar-refractivity contribution in [1.82, 2.24) is 0 Å². The summed E-state index contributed by atoms with van der Waals surface area (Å²) in [5.74, 6) is 0. The molecule has 0 aromatic carbocycles. The molecular formula is CaKMgSeZn. The summed E-state index contributed by atoms with van der Waals surface area (Å²) in [4.78, 5) is 0. The van der Waals surface area contributed by atoms with Gasteiger partial charge in [0.2, 0.25) is 0 Å². The predicted molar refractivity (Wildman–Crippen MR) is 23.0 cm³/mol. The van der Waals surface area contributed by atoms with Gasteiger partial charge in [-0.2, -0.15) is 0 Å². The zero-order valence-corrected chi connectivity index (χ0v) is 15.0. The van der Waals surface area contributed by atoms with E-state index in [0.717, 1.165) is 0 Å². The van der Waals surface area contributed by atoms with E-state index in [4.69, 9.17) is 0 Å². The summed E-state index contributed by atoms with van der Waals surface area (Å²) in [7, 11) is 0. The summed E-state index contributed by atoms with van der Waals surface area (Å²) in [5.41, 5.74) is 0. The Bertz CT molecular complexity index is 11.6. The standard InChI is InChI=1S/Ca.K.Mg.Se.Zn. The van der Waals surface area contributed by atoms with Crippen LogP contribution in [0.25, 0.3) is 0 Å². The summed E-state index contributed by atoms with van der Waals surface area (Å²) in [6.07, 6.45) is 0. The maximum atomic E-state index is 0. The molecule has 0 atom stereocenters. The first-order valence-electron chi connectivity index (χ1n) is 0. The van der Waals surface area contributed by atoms with Gasteiger partial charge in [0.1, 0.15) is 0 Å². The molecule has 0 aliphatic heterocycles. The van der Waals surface area contributed by atoms with Crippen molar-refractivity contribution in [2.45, 2.75) is 0 Å². The van der Waals surface area contributed by atoms with Crippen molar-refractivity contribution >= 4 is 129 Å². The van der Waals surface area contributed by atoms with Gasteiger partial charge in [-0.15, -0.1) is 0 Å². The van der Waals surface area contributed by atoms with Crippen LogP contribution in [0.5, 0.6) is 0 Å². The van der Waals surface area contributed by atoms with Crippen LogP contribution in [0.15, 0.2) is 0 Å². The second-order valence-corrected chi connectivity index (χ2v) is 0. The van der Waals surface area contributed by atoms with Gasteiger partial charge in [-0.1, -0.05) is 0 Å². The Labute approximate surface area is 144 Å². The van der Waals surface area contributed by atoms with Crippen molar-refractivity contribution in [2.75, 3.05) is 0 Å². The zero-order valence-electron chi connectivity index (χ0n) is 3.53. The summed E-state index contributed by atoms with van der Waals surface area (Å²) < 4.78 is 0. The fourth-order valence-corrected chi connectivity index (χ4v) is 0. The van der Waals surface area contributed by atoms with Gasteiger partial charge in [0, 0.05) is 149 Å². The smallest absolute Gasteiger partial charge is 0 e. The molecule has 0 rings (SSSR count).